The molecule has 0 spiro atoms. The lowest BCUT2D eigenvalue weighted by molar-refractivity contribution is -0.117. The molecule has 2 amide bonds. The van der Waals surface area contributed by atoms with E-state index in [1.54, 1.807) is 11.3 Å². The van der Waals surface area contributed by atoms with Crippen molar-refractivity contribution >= 4 is 33.8 Å². The molecule has 0 saturated carbocycles. The molecule has 1 saturated heterocycles. The van der Waals surface area contributed by atoms with Crippen LogP contribution in [0.2, 0.25) is 0 Å². The molecule has 0 radical (unpaired) electrons. The number of nitrogens with zero attached hydrogens (tertiary/aromatic N) is 1. The number of ether oxygens (including phenoxy) is 1. The third kappa shape index (κ3) is 5.10. The van der Waals surface area contributed by atoms with Crippen molar-refractivity contribution in [2.24, 2.45) is 5.92 Å². The van der Waals surface area contributed by atoms with Crippen molar-refractivity contribution in [1.29, 1.82) is 0 Å². The SMILES string of the molecule is CCOc1ccccc1NC(=O)c1c(NC(=O)CN2CCCC(C)C2)sc2c1CCC2. The highest BCUT2D eigenvalue weighted by atomic mass is 32.1. The average molecular weight is 442 g/mol. The summed E-state index contributed by atoms with van der Waals surface area (Å²) in [6.07, 6.45) is 5.26. The zero-order chi connectivity index (χ0) is 21.8. The molecule has 1 unspecified atom stereocenters. The second-order valence-electron chi connectivity index (χ2n) is 8.48. The number of carbonyl (C=O) groups excluding carboxylic acids is 2. The molecule has 166 valence electrons. The number of fused-ring (bicyclic) bond motifs is 1. The van der Waals surface area contributed by atoms with Crippen LogP contribution in [0.1, 0.15) is 53.9 Å². The summed E-state index contributed by atoms with van der Waals surface area (Å²) in [5.74, 6) is 1.04. The zero-order valence-corrected chi connectivity index (χ0v) is 19.1. The standard InChI is InChI=1S/C24H31N3O3S/c1-3-30-19-11-5-4-10-18(19)25-23(29)22-17-9-6-12-20(17)31-24(22)26-21(28)15-27-13-7-8-16(2)14-27/h4-5,10-11,16H,3,6-9,12-15H2,1-2H3,(H,25,29)(H,26,28). The third-order valence-electron chi connectivity index (χ3n) is 5.94. The van der Waals surface area contributed by atoms with Crippen molar-refractivity contribution in [2.45, 2.75) is 46.0 Å². The third-order valence-corrected chi connectivity index (χ3v) is 7.15. The van der Waals surface area contributed by atoms with E-state index >= 15 is 0 Å². The molecule has 2 aliphatic rings. The molecule has 7 heteroatoms. The number of benzene rings is 1. The van der Waals surface area contributed by atoms with Gasteiger partial charge < -0.3 is 15.4 Å². The van der Waals surface area contributed by atoms with Crippen molar-refractivity contribution < 1.29 is 14.3 Å². The molecule has 31 heavy (non-hydrogen) atoms. The van der Waals surface area contributed by atoms with Crippen LogP contribution in [0.15, 0.2) is 24.3 Å². The van der Waals surface area contributed by atoms with Crippen molar-refractivity contribution in [3.63, 3.8) is 0 Å². The first-order valence-electron chi connectivity index (χ1n) is 11.2. The first-order chi connectivity index (χ1) is 15.0. The highest BCUT2D eigenvalue weighted by molar-refractivity contribution is 7.17. The second kappa shape index (κ2) is 9.83. The number of thiophene rings is 1. The van der Waals surface area contributed by atoms with Gasteiger partial charge in [-0.2, -0.15) is 0 Å². The minimum absolute atomic E-state index is 0.0437. The highest BCUT2D eigenvalue weighted by Gasteiger charge is 2.28. The van der Waals surface area contributed by atoms with Gasteiger partial charge in [-0.25, -0.2) is 0 Å². The van der Waals surface area contributed by atoms with E-state index < -0.39 is 0 Å². The van der Waals surface area contributed by atoms with Gasteiger partial charge in [0.1, 0.15) is 10.8 Å². The predicted octanol–water partition coefficient (Wildman–Crippen LogP) is 4.56. The lowest BCUT2D eigenvalue weighted by atomic mass is 10.0. The summed E-state index contributed by atoms with van der Waals surface area (Å²) in [6.45, 7) is 6.96. The van der Waals surface area contributed by atoms with Crippen LogP contribution in [0.25, 0.3) is 0 Å². The molecule has 1 aromatic heterocycles. The fourth-order valence-electron chi connectivity index (χ4n) is 4.57. The summed E-state index contributed by atoms with van der Waals surface area (Å²) in [5, 5.41) is 6.74. The number of para-hydroxylation sites is 2. The van der Waals surface area contributed by atoms with Crippen LogP contribution in [0.3, 0.4) is 0 Å². The van der Waals surface area contributed by atoms with Gasteiger partial charge in [-0.1, -0.05) is 19.1 Å². The molecule has 2 aromatic rings. The van der Waals surface area contributed by atoms with Gasteiger partial charge in [-0.15, -0.1) is 11.3 Å². The Morgan fingerprint density at radius 1 is 1.19 bits per heavy atom. The van der Waals surface area contributed by atoms with E-state index in [0.29, 0.717) is 41.1 Å². The summed E-state index contributed by atoms with van der Waals surface area (Å²) < 4.78 is 5.65. The Morgan fingerprint density at radius 3 is 2.84 bits per heavy atom. The Labute approximate surface area is 188 Å². The maximum absolute atomic E-state index is 13.3. The molecule has 2 heterocycles. The molecule has 1 fully saturated rings. The molecule has 1 aromatic carbocycles. The molecule has 2 N–H and O–H groups in total. The van der Waals surface area contributed by atoms with Crippen molar-refractivity contribution in [2.75, 3.05) is 36.9 Å². The average Bonchev–Trinajstić information content (AvgIpc) is 3.30. The van der Waals surface area contributed by atoms with Gasteiger partial charge in [0.15, 0.2) is 0 Å². The topological polar surface area (TPSA) is 70.7 Å². The Bertz CT molecular complexity index is 956. The molecule has 6 nitrogen and oxygen atoms in total. The van der Waals surface area contributed by atoms with Gasteiger partial charge in [0.2, 0.25) is 5.91 Å². The van der Waals surface area contributed by atoms with E-state index in [0.717, 1.165) is 44.3 Å². The maximum Gasteiger partial charge on any atom is 0.259 e. The first kappa shape index (κ1) is 21.8. The lowest BCUT2D eigenvalue weighted by Gasteiger charge is -2.30. The van der Waals surface area contributed by atoms with E-state index in [9.17, 15) is 9.59 Å². The molecule has 1 aliphatic carbocycles. The summed E-state index contributed by atoms with van der Waals surface area (Å²) in [7, 11) is 0. The largest absolute Gasteiger partial charge is 0.492 e. The van der Waals surface area contributed by atoms with Gasteiger partial charge in [0.25, 0.3) is 5.91 Å². The van der Waals surface area contributed by atoms with Crippen LogP contribution in [-0.2, 0) is 17.6 Å². The molecule has 1 aliphatic heterocycles. The van der Waals surface area contributed by atoms with Crippen LogP contribution >= 0.6 is 11.3 Å². The number of hydrogen-bond acceptors (Lipinski definition) is 5. The Balaban J connectivity index is 1.51. The van der Waals surface area contributed by atoms with Crippen molar-refractivity contribution in [3.05, 3.63) is 40.3 Å². The summed E-state index contributed by atoms with van der Waals surface area (Å²) in [6, 6.07) is 7.44. The van der Waals surface area contributed by atoms with Crippen LogP contribution in [-0.4, -0.2) is 43.0 Å². The number of aryl methyl sites for hydroxylation is 1. The number of piperidine rings is 1. The number of rotatable bonds is 7. The van der Waals surface area contributed by atoms with Gasteiger partial charge in [0, 0.05) is 11.4 Å². The van der Waals surface area contributed by atoms with Crippen LogP contribution < -0.4 is 15.4 Å². The quantitative estimate of drug-likeness (QED) is 0.661. The van der Waals surface area contributed by atoms with Crippen molar-refractivity contribution in [1.82, 2.24) is 4.90 Å². The fraction of sp³-hybridized carbons (Fsp3) is 0.500. The normalized spacial score (nSPS) is 18.5. The number of nitrogens with one attached hydrogen (secondary N) is 2. The van der Waals surface area contributed by atoms with Crippen LogP contribution in [0.4, 0.5) is 10.7 Å². The summed E-state index contributed by atoms with van der Waals surface area (Å²) in [5.41, 5.74) is 2.34. The number of hydrogen-bond donors (Lipinski definition) is 2. The Hall–Kier alpha value is -2.38. The number of carbonyl (C=O) groups is 2. The van der Waals surface area contributed by atoms with Gasteiger partial charge >= 0.3 is 0 Å². The van der Waals surface area contributed by atoms with Gasteiger partial charge in [-0.05, 0) is 69.2 Å². The second-order valence-corrected chi connectivity index (χ2v) is 9.58. The summed E-state index contributed by atoms with van der Waals surface area (Å²) in [4.78, 5) is 29.5. The van der Waals surface area contributed by atoms with E-state index in [1.807, 2.05) is 31.2 Å². The van der Waals surface area contributed by atoms with E-state index in [4.69, 9.17) is 4.74 Å². The monoisotopic (exact) mass is 441 g/mol. The van der Waals surface area contributed by atoms with E-state index in [2.05, 4.69) is 22.5 Å². The number of amides is 2. The van der Waals surface area contributed by atoms with Gasteiger partial charge in [-0.3, -0.25) is 14.5 Å². The molecular weight excluding hydrogens is 410 g/mol. The van der Waals surface area contributed by atoms with E-state index in [-0.39, 0.29) is 11.8 Å². The maximum atomic E-state index is 13.3. The predicted molar refractivity (Wildman–Crippen MR) is 125 cm³/mol. The van der Waals surface area contributed by atoms with Crippen LogP contribution in [0.5, 0.6) is 5.75 Å². The van der Waals surface area contributed by atoms with E-state index in [1.165, 1.54) is 11.3 Å². The molecular formula is C24H31N3O3S. The first-order valence-corrected chi connectivity index (χ1v) is 12.1. The number of anilines is 2. The number of likely N-dealkylation sites (tertiary alicyclic amines) is 1. The smallest absolute Gasteiger partial charge is 0.259 e. The minimum Gasteiger partial charge on any atom is -0.492 e. The summed E-state index contributed by atoms with van der Waals surface area (Å²) >= 11 is 1.55. The van der Waals surface area contributed by atoms with Gasteiger partial charge in [0.05, 0.1) is 24.4 Å². The molecule has 1 atom stereocenters. The fourth-order valence-corrected chi connectivity index (χ4v) is 5.87. The van der Waals surface area contributed by atoms with Crippen LogP contribution in [0, 0.1) is 5.92 Å². The molecule has 0 bridgehead atoms. The Morgan fingerprint density at radius 2 is 2.03 bits per heavy atom. The Kier molecular flexibility index (Phi) is 6.92. The zero-order valence-electron chi connectivity index (χ0n) is 18.3. The molecule has 4 rings (SSSR count). The highest BCUT2D eigenvalue weighted by Crippen LogP contribution is 2.40. The lowest BCUT2D eigenvalue weighted by Crippen LogP contribution is -2.39. The minimum atomic E-state index is -0.187. The van der Waals surface area contributed by atoms with Crippen molar-refractivity contribution in [3.8, 4) is 5.75 Å².